The molecular weight excluding hydrogens is 394 g/mol. The fourth-order valence-electron chi connectivity index (χ4n) is 2.96. The first kappa shape index (κ1) is 20.8. The Labute approximate surface area is 172 Å². The number of aromatic nitrogens is 2. The van der Waals surface area contributed by atoms with Gasteiger partial charge in [0.1, 0.15) is 0 Å². The van der Waals surface area contributed by atoms with Crippen LogP contribution < -0.4 is 10.6 Å². The average Bonchev–Trinajstić information content (AvgIpc) is 3.16. The van der Waals surface area contributed by atoms with Gasteiger partial charge in [-0.3, -0.25) is 14.5 Å². The van der Waals surface area contributed by atoms with Gasteiger partial charge >= 0.3 is 6.03 Å². The Kier molecular flexibility index (Phi) is 6.86. The monoisotopic (exact) mass is 417 g/mol. The van der Waals surface area contributed by atoms with Gasteiger partial charge in [-0.2, -0.15) is 0 Å². The van der Waals surface area contributed by atoms with Crippen LogP contribution >= 0.6 is 11.8 Å². The van der Waals surface area contributed by atoms with Crippen molar-refractivity contribution in [3.05, 3.63) is 41.8 Å². The zero-order valence-electron chi connectivity index (χ0n) is 16.3. The van der Waals surface area contributed by atoms with Crippen molar-refractivity contribution in [2.75, 3.05) is 19.3 Å². The van der Waals surface area contributed by atoms with Gasteiger partial charge in [-0.1, -0.05) is 42.1 Å². The van der Waals surface area contributed by atoms with Gasteiger partial charge in [-0.25, -0.2) is 4.79 Å². The average molecular weight is 417 g/mol. The van der Waals surface area contributed by atoms with Gasteiger partial charge < -0.3 is 15.1 Å². The molecule has 0 saturated carbocycles. The molecule has 2 aromatic rings. The minimum atomic E-state index is -0.475. The molecule has 1 fully saturated rings. The van der Waals surface area contributed by atoms with Crippen LogP contribution in [0.5, 0.6) is 0 Å². The van der Waals surface area contributed by atoms with Crippen LogP contribution in [-0.4, -0.2) is 58.3 Å². The van der Waals surface area contributed by atoms with Crippen LogP contribution in [0, 0.1) is 5.92 Å². The molecule has 10 heteroatoms. The highest BCUT2D eigenvalue weighted by Gasteiger charge is 2.37. The van der Waals surface area contributed by atoms with Crippen molar-refractivity contribution in [2.24, 2.45) is 5.92 Å². The molecule has 2 N–H and O–H groups in total. The molecule has 29 heavy (non-hydrogen) atoms. The third-order valence-electron chi connectivity index (χ3n) is 4.66. The van der Waals surface area contributed by atoms with Gasteiger partial charge in [0.15, 0.2) is 0 Å². The summed E-state index contributed by atoms with van der Waals surface area (Å²) in [7, 11) is 1.43. The molecule has 1 saturated heterocycles. The van der Waals surface area contributed by atoms with Crippen molar-refractivity contribution in [3.63, 3.8) is 0 Å². The van der Waals surface area contributed by atoms with Crippen molar-refractivity contribution >= 4 is 29.6 Å². The Bertz CT molecular complexity index is 872. The second-order valence-electron chi connectivity index (χ2n) is 6.78. The highest BCUT2D eigenvalue weighted by molar-refractivity contribution is 7.99. The topological polar surface area (TPSA) is 117 Å². The molecule has 0 radical (unpaired) electrons. The molecule has 2 atom stereocenters. The van der Waals surface area contributed by atoms with Gasteiger partial charge in [0.05, 0.1) is 11.7 Å². The fraction of sp³-hybridized carbons (Fsp3) is 0.421. The van der Waals surface area contributed by atoms with E-state index in [1.807, 2.05) is 30.3 Å². The quantitative estimate of drug-likeness (QED) is 0.621. The number of hydrogen-bond acceptors (Lipinski definition) is 7. The van der Waals surface area contributed by atoms with Crippen LogP contribution in [0.25, 0.3) is 0 Å². The smallest absolute Gasteiger partial charge is 0.324 e. The maximum atomic E-state index is 12.3. The van der Waals surface area contributed by atoms with Gasteiger partial charge in [0.2, 0.25) is 17.7 Å². The number of thioether (sulfide) groups is 1. The minimum Gasteiger partial charge on any atom is -0.416 e. The van der Waals surface area contributed by atoms with Crippen molar-refractivity contribution in [1.29, 1.82) is 0 Å². The molecule has 0 bridgehead atoms. The number of urea groups is 1. The maximum Gasteiger partial charge on any atom is 0.324 e. The Morgan fingerprint density at radius 1 is 1.28 bits per heavy atom. The third-order valence-corrected chi connectivity index (χ3v) is 5.47. The number of rotatable bonds is 8. The summed E-state index contributed by atoms with van der Waals surface area (Å²) < 4.78 is 5.55. The van der Waals surface area contributed by atoms with E-state index in [-0.39, 0.29) is 35.3 Å². The molecule has 1 aliphatic rings. The Balaban J connectivity index is 1.43. The van der Waals surface area contributed by atoms with Crippen molar-refractivity contribution < 1.29 is 18.8 Å². The van der Waals surface area contributed by atoms with E-state index in [1.165, 1.54) is 7.05 Å². The zero-order chi connectivity index (χ0) is 20.8. The van der Waals surface area contributed by atoms with Gasteiger partial charge in [0.25, 0.3) is 5.22 Å². The zero-order valence-corrected chi connectivity index (χ0v) is 17.1. The second-order valence-corrected chi connectivity index (χ2v) is 7.71. The normalized spacial score (nSPS) is 19.2. The van der Waals surface area contributed by atoms with E-state index in [1.54, 1.807) is 6.92 Å². The van der Waals surface area contributed by atoms with Gasteiger partial charge in [0, 0.05) is 26.1 Å². The van der Waals surface area contributed by atoms with Crippen LogP contribution in [0.15, 0.2) is 40.0 Å². The highest BCUT2D eigenvalue weighted by atomic mass is 32.2. The first-order valence-electron chi connectivity index (χ1n) is 9.28. The SMILES string of the molecule is CC1NC(=O)N(C)C(=O)C1Cc1nnc(SCC(=O)NCCc2ccccc2)o1. The Hall–Kier alpha value is -2.88. The summed E-state index contributed by atoms with van der Waals surface area (Å²) in [6.45, 7) is 2.32. The van der Waals surface area contributed by atoms with E-state index in [4.69, 9.17) is 4.42 Å². The van der Waals surface area contributed by atoms with E-state index in [0.29, 0.717) is 12.4 Å². The first-order chi connectivity index (χ1) is 13.9. The summed E-state index contributed by atoms with van der Waals surface area (Å²) in [5.41, 5.74) is 1.16. The number of hydrogen-bond donors (Lipinski definition) is 2. The molecule has 4 amide bonds. The fourth-order valence-corrected chi connectivity index (χ4v) is 3.57. The van der Waals surface area contributed by atoms with Crippen LogP contribution in [-0.2, 0) is 22.4 Å². The van der Waals surface area contributed by atoms with Crippen molar-refractivity contribution in [1.82, 2.24) is 25.7 Å². The maximum absolute atomic E-state index is 12.3. The third kappa shape index (κ3) is 5.57. The highest BCUT2D eigenvalue weighted by Crippen LogP contribution is 2.21. The number of nitrogens with one attached hydrogen (secondary N) is 2. The van der Waals surface area contributed by atoms with E-state index in [9.17, 15) is 14.4 Å². The lowest BCUT2D eigenvalue weighted by Crippen LogP contribution is -2.58. The molecule has 1 aromatic carbocycles. The molecule has 1 aromatic heterocycles. The lowest BCUT2D eigenvalue weighted by Gasteiger charge is -2.33. The molecule has 3 rings (SSSR count). The lowest BCUT2D eigenvalue weighted by atomic mass is 9.94. The van der Waals surface area contributed by atoms with Gasteiger partial charge in [-0.15, -0.1) is 10.2 Å². The molecular formula is C19H23N5O4S. The van der Waals surface area contributed by atoms with Gasteiger partial charge in [-0.05, 0) is 18.9 Å². The van der Waals surface area contributed by atoms with Crippen molar-refractivity contribution in [2.45, 2.75) is 31.0 Å². The molecule has 2 heterocycles. The van der Waals surface area contributed by atoms with Crippen LogP contribution in [0.2, 0.25) is 0 Å². The summed E-state index contributed by atoms with van der Waals surface area (Å²) in [4.78, 5) is 36.9. The molecule has 1 aliphatic heterocycles. The van der Waals surface area contributed by atoms with E-state index in [0.717, 1.165) is 28.6 Å². The van der Waals surface area contributed by atoms with Crippen molar-refractivity contribution in [3.8, 4) is 0 Å². The number of benzene rings is 1. The summed E-state index contributed by atoms with van der Waals surface area (Å²) in [6.07, 6.45) is 0.988. The lowest BCUT2D eigenvalue weighted by molar-refractivity contribution is -0.134. The Morgan fingerprint density at radius 2 is 2.03 bits per heavy atom. The number of amides is 4. The van der Waals surface area contributed by atoms with E-state index >= 15 is 0 Å². The second kappa shape index (κ2) is 9.55. The standard InChI is InChI=1S/C19H23N5O4S/c1-12-14(17(26)24(2)18(27)21-12)10-16-22-23-19(28-16)29-11-15(25)20-9-8-13-6-4-3-5-7-13/h3-7,12,14H,8-11H2,1-2H3,(H,20,25)(H,21,27). The summed E-state index contributed by atoms with van der Waals surface area (Å²) in [5.74, 6) is -0.421. The van der Waals surface area contributed by atoms with Crippen LogP contribution in [0.4, 0.5) is 4.79 Å². The minimum absolute atomic E-state index is 0.119. The molecule has 154 valence electrons. The number of carbonyl (C=O) groups excluding carboxylic acids is 3. The molecule has 9 nitrogen and oxygen atoms in total. The largest absolute Gasteiger partial charge is 0.416 e. The predicted octanol–water partition coefficient (Wildman–Crippen LogP) is 1.25. The van der Waals surface area contributed by atoms with Crippen LogP contribution in [0.1, 0.15) is 18.4 Å². The number of nitrogens with zero attached hydrogens (tertiary/aromatic N) is 3. The summed E-state index contributed by atoms with van der Waals surface area (Å²) in [6, 6.07) is 9.17. The molecule has 0 spiro atoms. The molecule has 0 aliphatic carbocycles. The number of imide groups is 1. The van der Waals surface area contributed by atoms with E-state index < -0.39 is 11.9 Å². The number of carbonyl (C=O) groups is 3. The summed E-state index contributed by atoms with van der Waals surface area (Å²) >= 11 is 1.14. The van der Waals surface area contributed by atoms with Crippen LogP contribution in [0.3, 0.4) is 0 Å². The predicted molar refractivity (Wildman–Crippen MR) is 106 cm³/mol. The Morgan fingerprint density at radius 3 is 2.79 bits per heavy atom. The first-order valence-corrected chi connectivity index (χ1v) is 10.3. The van der Waals surface area contributed by atoms with E-state index in [2.05, 4.69) is 20.8 Å². The summed E-state index contributed by atoms with van der Waals surface area (Å²) in [5, 5.41) is 13.7. The molecule has 2 unspecified atom stereocenters.